The predicted octanol–water partition coefficient (Wildman–Crippen LogP) is -0.392. The van der Waals surface area contributed by atoms with Crippen LogP contribution in [0.4, 0.5) is 0 Å². The van der Waals surface area contributed by atoms with Gasteiger partial charge in [-0.2, -0.15) is 0 Å². The van der Waals surface area contributed by atoms with E-state index in [4.69, 9.17) is 0 Å². The first-order chi connectivity index (χ1) is 6.77. The number of rotatable bonds is 8. The second-order valence-electron chi connectivity index (χ2n) is 4.46. The summed E-state index contributed by atoms with van der Waals surface area (Å²) in [6.07, 6.45) is 1.49. The summed E-state index contributed by atoms with van der Waals surface area (Å²) in [5.74, 6) is -0.249. The number of hydrogen-bond acceptors (Lipinski definition) is 4. The Bertz CT molecular complexity index is 263. The van der Waals surface area contributed by atoms with Crippen molar-refractivity contribution in [2.45, 2.75) is 12.8 Å². The number of quaternary nitrogens is 1. The van der Waals surface area contributed by atoms with Crippen molar-refractivity contribution in [2.75, 3.05) is 46.5 Å². The summed E-state index contributed by atoms with van der Waals surface area (Å²) in [7, 11) is 1.96. The molecule has 0 rings (SSSR count). The highest BCUT2D eigenvalue weighted by Crippen LogP contribution is 2.02. The summed E-state index contributed by atoms with van der Waals surface area (Å²) >= 11 is 0. The standard InChI is InChI=1S/C9H22N2O3S/c1-10-6-4-7-11(2,3)8-5-9-15(12,13)14/h10H,4-9H2,1-3H3. The Morgan fingerprint density at radius 2 is 1.73 bits per heavy atom. The van der Waals surface area contributed by atoms with Crippen LogP contribution in [0.15, 0.2) is 0 Å². The van der Waals surface area contributed by atoms with Gasteiger partial charge in [-0.05, 0) is 7.05 Å². The van der Waals surface area contributed by atoms with Gasteiger partial charge in [0.2, 0.25) is 0 Å². The molecule has 0 aromatic heterocycles. The maximum atomic E-state index is 10.4. The number of nitrogens with zero attached hydrogens (tertiary/aromatic N) is 1. The van der Waals surface area contributed by atoms with Crippen LogP contribution in [0.2, 0.25) is 0 Å². The van der Waals surface area contributed by atoms with Crippen molar-refractivity contribution in [1.29, 1.82) is 0 Å². The smallest absolute Gasteiger partial charge is 0.0948 e. The molecule has 1 N–H and O–H groups in total. The first kappa shape index (κ1) is 14.8. The summed E-state index contributed by atoms with van der Waals surface area (Å²) in [5, 5.41) is 3.06. The van der Waals surface area contributed by atoms with Crippen LogP contribution in [0.1, 0.15) is 12.8 Å². The minimum absolute atomic E-state index is 0.249. The molecule has 0 radical (unpaired) electrons. The number of hydrogen-bond donors (Lipinski definition) is 1. The number of nitrogens with one attached hydrogen (secondary N) is 1. The van der Waals surface area contributed by atoms with Gasteiger partial charge < -0.3 is 14.4 Å². The van der Waals surface area contributed by atoms with Crippen LogP contribution in [0.3, 0.4) is 0 Å². The summed E-state index contributed by atoms with van der Waals surface area (Å²) in [6, 6.07) is 0. The van der Waals surface area contributed by atoms with E-state index in [9.17, 15) is 13.0 Å². The molecular weight excluding hydrogens is 216 g/mol. The van der Waals surface area contributed by atoms with Crippen molar-refractivity contribution >= 4 is 10.1 Å². The third kappa shape index (κ3) is 10.1. The van der Waals surface area contributed by atoms with Crippen molar-refractivity contribution in [1.82, 2.24) is 5.32 Å². The molecule has 0 aromatic carbocycles. The van der Waals surface area contributed by atoms with Crippen LogP contribution < -0.4 is 5.32 Å². The lowest BCUT2D eigenvalue weighted by Gasteiger charge is -2.30. The van der Waals surface area contributed by atoms with Gasteiger partial charge in [-0.25, -0.2) is 8.42 Å². The van der Waals surface area contributed by atoms with Gasteiger partial charge in [0.05, 0.1) is 37.3 Å². The largest absolute Gasteiger partial charge is 0.748 e. The molecule has 0 aromatic rings. The Hall–Kier alpha value is -0.170. The molecule has 0 saturated heterocycles. The third-order valence-electron chi connectivity index (χ3n) is 2.35. The van der Waals surface area contributed by atoms with Gasteiger partial charge in [-0.1, -0.05) is 0 Å². The van der Waals surface area contributed by atoms with Gasteiger partial charge in [0.15, 0.2) is 0 Å². The van der Waals surface area contributed by atoms with E-state index in [1.165, 1.54) is 0 Å². The lowest BCUT2D eigenvalue weighted by Crippen LogP contribution is -2.42. The van der Waals surface area contributed by atoms with E-state index in [-0.39, 0.29) is 5.75 Å². The van der Waals surface area contributed by atoms with Gasteiger partial charge in [0.25, 0.3) is 0 Å². The van der Waals surface area contributed by atoms with E-state index in [0.717, 1.165) is 30.5 Å². The summed E-state index contributed by atoms with van der Waals surface area (Å²) in [6.45, 7) is 2.67. The fourth-order valence-electron chi connectivity index (χ4n) is 1.47. The van der Waals surface area contributed by atoms with E-state index >= 15 is 0 Å². The molecule has 0 aliphatic carbocycles. The quantitative estimate of drug-likeness (QED) is 0.355. The topological polar surface area (TPSA) is 69.2 Å². The minimum Gasteiger partial charge on any atom is -0.748 e. The van der Waals surface area contributed by atoms with Crippen molar-refractivity contribution in [3.8, 4) is 0 Å². The molecule has 0 amide bonds. The van der Waals surface area contributed by atoms with E-state index in [2.05, 4.69) is 5.32 Å². The zero-order valence-corrected chi connectivity index (χ0v) is 10.6. The monoisotopic (exact) mass is 238 g/mol. The highest BCUT2D eigenvalue weighted by Gasteiger charge is 2.14. The Labute approximate surface area is 92.8 Å². The third-order valence-corrected chi connectivity index (χ3v) is 3.14. The van der Waals surface area contributed by atoms with Crippen molar-refractivity contribution in [3.63, 3.8) is 0 Å². The molecule has 0 aliphatic rings. The lowest BCUT2D eigenvalue weighted by atomic mass is 10.3. The molecular formula is C9H22N2O3S. The Balaban J connectivity index is 3.73. The van der Waals surface area contributed by atoms with E-state index in [1.807, 2.05) is 21.1 Å². The molecule has 0 fully saturated rings. The first-order valence-electron chi connectivity index (χ1n) is 5.17. The SMILES string of the molecule is CNCCC[N+](C)(C)CCCS(=O)(=O)[O-]. The maximum Gasteiger partial charge on any atom is 0.0948 e. The second kappa shape index (κ2) is 6.42. The first-order valence-corrected chi connectivity index (χ1v) is 6.75. The highest BCUT2D eigenvalue weighted by molar-refractivity contribution is 7.85. The molecule has 92 valence electrons. The molecule has 0 unspecified atom stereocenters. The zero-order valence-electron chi connectivity index (χ0n) is 9.82. The molecule has 15 heavy (non-hydrogen) atoms. The molecule has 0 saturated carbocycles. The molecule has 0 bridgehead atoms. The maximum absolute atomic E-state index is 10.4. The van der Waals surface area contributed by atoms with E-state index in [1.54, 1.807) is 0 Å². The average Bonchev–Trinajstić information content (AvgIpc) is 2.01. The molecule has 0 atom stereocenters. The second-order valence-corrected chi connectivity index (χ2v) is 5.98. The lowest BCUT2D eigenvalue weighted by molar-refractivity contribution is -0.890. The van der Waals surface area contributed by atoms with Gasteiger partial charge in [-0.15, -0.1) is 0 Å². The molecule has 0 heterocycles. The fraction of sp³-hybridized carbons (Fsp3) is 1.00. The van der Waals surface area contributed by atoms with Gasteiger partial charge >= 0.3 is 0 Å². The summed E-state index contributed by atoms with van der Waals surface area (Å²) in [5.41, 5.74) is 0. The van der Waals surface area contributed by atoms with E-state index in [0.29, 0.717) is 6.42 Å². The Kier molecular flexibility index (Phi) is 6.35. The summed E-state index contributed by atoms with van der Waals surface area (Å²) in [4.78, 5) is 0. The fourth-order valence-corrected chi connectivity index (χ4v) is 1.95. The Morgan fingerprint density at radius 3 is 2.20 bits per heavy atom. The molecule has 0 aliphatic heterocycles. The van der Waals surface area contributed by atoms with Crippen LogP contribution in [0, 0.1) is 0 Å². The van der Waals surface area contributed by atoms with Crippen LogP contribution >= 0.6 is 0 Å². The van der Waals surface area contributed by atoms with Crippen molar-refractivity contribution in [3.05, 3.63) is 0 Å². The van der Waals surface area contributed by atoms with Crippen LogP contribution in [0.25, 0.3) is 0 Å². The zero-order chi connectivity index (χ0) is 11.9. The predicted molar refractivity (Wildman–Crippen MR) is 59.6 cm³/mol. The molecule has 0 spiro atoms. The van der Waals surface area contributed by atoms with Gasteiger partial charge in [-0.3, -0.25) is 0 Å². The molecule has 5 nitrogen and oxygen atoms in total. The minimum atomic E-state index is -4.04. The van der Waals surface area contributed by atoms with Crippen molar-refractivity contribution in [2.24, 2.45) is 0 Å². The average molecular weight is 238 g/mol. The normalized spacial score (nSPS) is 13.1. The highest BCUT2D eigenvalue weighted by atomic mass is 32.2. The van der Waals surface area contributed by atoms with E-state index < -0.39 is 10.1 Å². The summed E-state index contributed by atoms with van der Waals surface area (Å²) < 4.78 is 32.0. The van der Waals surface area contributed by atoms with Crippen LogP contribution in [-0.4, -0.2) is 64.0 Å². The van der Waals surface area contributed by atoms with Gasteiger partial charge in [0, 0.05) is 25.1 Å². The van der Waals surface area contributed by atoms with Crippen LogP contribution in [0.5, 0.6) is 0 Å². The van der Waals surface area contributed by atoms with Crippen molar-refractivity contribution < 1.29 is 17.5 Å². The van der Waals surface area contributed by atoms with Gasteiger partial charge in [0.1, 0.15) is 0 Å². The molecule has 6 heteroatoms. The van der Waals surface area contributed by atoms with Crippen LogP contribution in [-0.2, 0) is 10.1 Å². The Morgan fingerprint density at radius 1 is 1.20 bits per heavy atom.